The van der Waals surface area contributed by atoms with Gasteiger partial charge in [0.05, 0.1) is 27.9 Å². The molecule has 0 spiro atoms. The second-order valence-electron chi connectivity index (χ2n) is 5.12. The Morgan fingerprint density at radius 3 is 2.56 bits per heavy atom. The lowest BCUT2D eigenvalue weighted by molar-refractivity contribution is -0.115. The third-order valence-electron chi connectivity index (χ3n) is 3.30. The predicted octanol–water partition coefficient (Wildman–Crippen LogP) is 4.61. The number of rotatable bonds is 7. The average Bonchev–Trinajstić information content (AvgIpc) is 2.59. The first kappa shape index (κ1) is 19.1. The fourth-order valence-corrected chi connectivity index (χ4v) is 2.42. The topological polar surface area (TPSA) is 67.4 Å². The van der Waals surface area contributed by atoms with Crippen LogP contribution in [0.3, 0.4) is 0 Å². The van der Waals surface area contributed by atoms with E-state index >= 15 is 0 Å². The highest BCUT2D eigenvalue weighted by Crippen LogP contribution is 2.25. The summed E-state index contributed by atoms with van der Waals surface area (Å²) < 4.78 is 4.98. The highest BCUT2D eigenvalue weighted by atomic mass is 35.5. The molecule has 5 nitrogen and oxygen atoms in total. The first-order valence-electron chi connectivity index (χ1n) is 7.76. The molecule has 0 aliphatic carbocycles. The molecule has 0 radical (unpaired) electrons. The standard InChI is InChI=1S/C18H18Cl2N2O3/c1-2-25-18(24)13-5-3-4-6-16(13)22-17(23)9-10-21-12-7-8-14(19)15(20)11-12/h3-8,11,21H,2,9-10H2,1H3,(H,22,23). The molecule has 0 saturated heterocycles. The van der Waals surface area contributed by atoms with Crippen LogP contribution in [0.5, 0.6) is 0 Å². The van der Waals surface area contributed by atoms with E-state index in [0.29, 0.717) is 27.8 Å². The Kier molecular flexibility index (Phi) is 7.10. The molecule has 2 aromatic carbocycles. The van der Waals surface area contributed by atoms with Gasteiger partial charge in [0.2, 0.25) is 5.91 Å². The highest BCUT2D eigenvalue weighted by Gasteiger charge is 2.13. The van der Waals surface area contributed by atoms with Gasteiger partial charge in [0.1, 0.15) is 0 Å². The van der Waals surface area contributed by atoms with E-state index in [1.165, 1.54) is 0 Å². The average molecular weight is 381 g/mol. The summed E-state index contributed by atoms with van der Waals surface area (Å²) in [5, 5.41) is 6.74. The van der Waals surface area contributed by atoms with Crippen molar-refractivity contribution >= 4 is 46.5 Å². The van der Waals surface area contributed by atoms with E-state index in [2.05, 4.69) is 10.6 Å². The number of carbonyl (C=O) groups excluding carboxylic acids is 2. The number of esters is 1. The maximum atomic E-state index is 12.1. The molecule has 0 aliphatic heterocycles. The lowest BCUT2D eigenvalue weighted by Crippen LogP contribution is -2.18. The van der Waals surface area contributed by atoms with Gasteiger partial charge in [0, 0.05) is 18.7 Å². The van der Waals surface area contributed by atoms with Crippen molar-refractivity contribution in [3.63, 3.8) is 0 Å². The van der Waals surface area contributed by atoms with E-state index in [1.54, 1.807) is 49.4 Å². The predicted molar refractivity (Wildman–Crippen MR) is 101 cm³/mol. The van der Waals surface area contributed by atoms with E-state index in [9.17, 15) is 9.59 Å². The van der Waals surface area contributed by atoms with E-state index in [1.807, 2.05) is 0 Å². The number of ether oxygens (including phenoxy) is 1. The summed E-state index contributed by atoms with van der Waals surface area (Å²) in [6, 6.07) is 11.9. The minimum Gasteiger partial charge on any atom is -0.462 e. The summed E-state index contributed by atoms with van der Waals surface area (Å²) in [6.45, 7) is 2.41. The molecule has 0 fully saturated rings. The van der Waals surface area contributed by atoms with Crippen molar-refractivity contribution in [3.05, 3.63) is 58.1 Å². The summed E-state index contributed by atoms with van der Waals surface area (Å²) in [6.07, 6.45) is 0.220. The molecule has 0 aliphatic rings. The number of benzene rings is 2. The highest BCUT2D eigenvalue weighted by molar-refractivity contribution is 6.42. The molecule has 25 heavy (non-hydrogen) atoms. The number of anilines is 2. The largest absolute Gasteiger partial charge is 0.462 e. The van der Waals surface area contributed by atoms with Crippen LogP contribution in [0.2, 0.25) is 10.0 Å². The van der Waals surface area contributed by atoms with Crippen molar-refractivity contribution in [1.82, 2.24) is 0 Å². The molecule has 7 heteroatoms. The number of amides is 1. The SMILES string of the molecule is CCOC(=O)c1ccccc1NC(=O)CCNc1ccc(Cl)c(Cl)c1. The Bertz CT molecular complexity index is 766. The Morgan fingerprint density at radius 2 is 1.84 bits per heavy atom. The molecule has 0 heterocycles. The molecular weight excluding hydrogens is 363 g/mol. The molecule has 2 aromatic rings. The Balaban J connectivity index is 1.90. The van der Waals surface area contributed by atoms with Crippen LogP contribution in [-0.2, 0) is 9.53 Å². The van der Waals surface area contributed by atoms with Crippen molar-refractivity contribution < 1.29 is 14.3 Å². The van der Waals surface area contributed by atoms with Gasteiger partial charge < -0.3 is 15.4 Å². The minimum atomic E-state index is -0.465. The first-order chi connectivity index (χ1) is 12.0. The first-order valence-corrected chi connectivity index (χ1v) is 8.51. The minimum absolute atomic E-state index is 0.218. The number of nitrogens with one attached hydrogen (secondary N) is 2. The van der Waals surface area contributed by atoms with Crippen LogP contribution in [0.4, 0.5) is 11.4 Å². The summed E-state index contributed by atoms with van der Waals surface area (Å²) in [4.78, 5) is 24.0. The lowest BCUT2D eigenvalue weighted by atomic mass is 10.1. The second kappa shape index (κ2) is 9.30. The number of hydrogen-bond acceptors (Lipinski definition) is 4. The fraction of sp³-hybridized carbons (Fsp3) is 0.222. The van der Waals surface area contributed by atoms with Crippen LogP contribution in [0.1, 0.15) is 23.7 Å². The zero-order valence-electron chi connectivity index (χ0n) is 13.6. The summed E-state index contributed by atoms with van der Waals surface area (Å²) in [5.41, 5.74) is 1.53. The van der Waals surface area contributed by atoms with E-state index in [0.717, 1.165) is 5.69 Å². The van der Waals surface area contributed by atoms with Gasteiger partial charge in [-0.15, -0.1) is 0 Å². The van der Waals surface area contributed by atoms with Gasteiger partial charge in [-0.2, -0.15) is 0 Å². The quantitative estimate of drug-likeness (QED) is 0.688. The van der Waals surface area contributed by atoms with Crippen molar-refractivity contribution in [3.8, 4) is 0 Å². The zero-order chi connectivity index (χ0) is 18.2. The van der Waals surface area contributed by atoms with Gasteiger partial charge >= 0.3 is 5.97 Å². The fourth-order valence-electron chi connectivity index (χ4n) is 2.12. The number of halogens is 2. The third kappa shape index (κ3) is 5.66. The van der Waals surface area contributed by atoms with Gasteiger partial charge in [0.15, 0.2) is 0 Å². The number of para-hydroxylation sites is 1. The maximum Gasteiger partial charge on any atom is 0.340 e. The molecule has 0 bridgehead atoms. The Hall–Kier alpha value is -2.24. The van der Waals surface area contributed by atoms with Crippen molar-refractivity contribution in [1.29, 1.82) is 0 Å². The molecule has 0 unspecified atom stereocenters. The Labute approximate surface area is 156 Å². The second-order valence-corrected chi connectivity index (χ2v) is 5.93. The zero-order valence-corrected chi connectivity index (χ0v) is 15.2. The maximum absolute atomic E-state index is 12.1. The molecule has 2 rings (SSSR count). The van der Waals surface area contributed by atoms with Crippen molar-refractivity contribution in [2.75, 3.05) is 23.8 Å². The smallest absolute Gasteiger partial charge is 0.340 e. The van der Waals surface area contributed by atoms with Crippen LogP contribution in [0.15, 0.2) is 42.5 Å². The van der Waals surface area contributed by atoms with Crippen molar-refractivity contribution in [2.24, 2.45) is 0 Å². The summed E-state index contributed by atoms with van der Waals surface area (Å²) >= 11 is 11.8. The molecule has 2 N–H and O–H groups in total. The van der Waals surface area contributed by atoms with Gasteiger partial charge in [-0.05, 0) is 37.3 Å². The molecule has 1 amide bonds. The molecule has 0 atom stereocenters. The van der Waals surface area contributed by atoms with Gasteiger partial charge in [-0.25, -0.2) is 4.79 Å². The molecular formula is C18H18Cl2N2O3. The normalized spacial score (nSPS) is 10.2. The van der Waals surface area contributed by atoms with Crippen LogP contribution in [-0.4, -0.2) is 25.0 Å². The summed E-state index contributed by atoms with van der Waals surface area (Å²) in [5.74, 6) is -0.684. The van der Waals surface area contributed by atoms with Gasteiger partial charge in [0.25, 0.3) is 0 Å². The van der Waals surface area contributed by atoms with Gasteiger partial charge in [-0.3, -0.25) is 4.79 Å². The summed E-state index contributed by atoms with van der Waals surface area (Å²) in [7, 11) is 0. The van der Waals surface area contributed by atoms with E-state index in [4.69, 9.17) is 27.9 Å². The lowest BCUT2D eigenvalue weighted by Gasteiger charge is -2.11. The van der Waals surface area contributed by atoms with Crippen LogP contribution < -0.4 is 10.6 Å². The van der Waals surface area contributed by atoms with Gasteiger partial charge in [-0.1, -0.05) is 35.3 Å². The number of carbonyl (C=O) groups is 2. The third-order valence-corrected chi connectivity index (χ3v) is 4.04. The molecule has 0 aromatic heterocycles. The van der Waals surface area contributed by atoms with Crippen LogP contribution in [0.25, 0.3) is 0 Å². The van der Waals surface area contributed by atoms with Crippen LogP contribution >= 0.6 is 23.2 Å². The van der Waals surface area contributed by atoms with Crippen LogP contribution in [0, 0.1) is 0 Å². The molecule has 0 saturated carbocycles. The van der Waals surface area contributed by atoms with E-state index < -0.39 is 5.97 Å². The molecule has 132 valence electrons. The Morgan fingerprint density at radius 1 is 1.08 bits per heavy atom. The monoisotopic (exact) mass is 380 g/mol. The number of hydrogen-bond donors (Lipinski definition) is 2. The van der Waals surface area contributed by atoms with Crippen molar-refractivity contribution in [2.45, 2.75) is 13.3 Å². The van der Waals surface area contributed by atoms with E-state index in [-0.39, 0.29) is 18.9 Å².